The molecular formula is C23H36N6O2. The van der Waals surface area contributed by atoms with E-state index in [1.54, 1.807) is 6.92 Å². The van der Waals surface area contributed by atoms with Crippen LogP contribution >= 0.6 is 0 Å². The zero-order chi connectivity index (χ0) is 22.0. The number of fused-ring (bicyclic) bond motifs is 1. The number of nitrogens with zero attached hydrogens (tertiary/aromatic N) is 5. The Morgan fingerprint density at radius 1 is 1.06 bits per heavy atom. The molecule has 0 aliphatic carbocycles. The molecule has 8 nitrogen and oxygen atoms in total. The van der Waals surface area contributed by atoms with Gasteiger partial charge in [-0.15, -0.1) is 0 Å². The third-order valence-electron chi connectivity index (χ3n) is 7.13. The number of anilines is 1. The van der Waals surface area contributed by atoms with E-state index >= 15 is 0 Å². The molecule has 1 atom stereocenters. The highest BCUT2D eigenvalue weighted by Crippen LogP contribution is 2.30. The smallest absolute Gasteiger partial charge is 0.236 e. The average molecular weight is 429 g/mol. The standard InChI is InChI=1S/C23H36N6O2/c1-16-6-10-28(11-7-16)21(31)15-27-9-4-5-18(13-27)22-25-20-8-12-29(17(2)30)14-19(20)23(24-3)26-22/h16,18H,4-15H2,1-3H3,(H,24,25,26)/t18-/m1/s1. The van der Waals surface area contributed by atoms with E-state index in [1.807, 2.05) is 16.8 Å². The van der Waals surface area contributed by atoms with Crippen molar-refractivity contribution >= 4 is 17.6 Å². The lowest BCUT2D eigenvalue weighted by Gasteiger charge is -2.35. The second-order valence-electron chi connectivity index (χ2n) is 9.43. The molecule has 3 aliphatic heterocycles. The Balaban J connectivity index is 1.43. The number of carbonyl (C=O) groups is 2. The number of rotatable bonds is 4. The van der Waals surface area contributed by atoms with Gasteiger partial charge >= 0.3 is 0 Å². The summed E-state index contributed by atoms with van der Waals surface area (Å²) in [6.45, 7) is 9.25. The number of aromatic nitrogens is 2. The quantitative estimate of drug-likeness (QED) is 0.788. The molecule has 2 saturated heterocycles. The summed E-state index contributed by atoms with van der Waals surface area (Å²) in [4.78, 5) is 40.6. The Morgan fingerprint density at radius 2 is 1.84 bits per heavy atom. The van der Waals surface area contributed by atoms with Gasteiger partial charge in [-0.25, -0.2) is 9.97 Å². The Kier molecular flexibility index (Phi) is 6.74. The topological polar surface area (TPSA) is 81.7 Å². The van der Waals surface area contributed by atoms with Crippen LogP contribution in [0.5, 0.6) is 0 Å². The van der Waals surface area contributed by atoms with Crippen molar-refractivity contribution in [3.8, 4) is 0 Å². The van der Waals surface area contributed by atoms with E-state index in [4.69, 9.17) is 9.97 Å². The fourth-order valence-electron chi connectivity index (χ4n) is 5.05. The monoisotopic (exact) mass is 428 g/mol. The van der Waals surface area contributed by atoms with Gasteiger partial charge in [0.05, 0.1) is 18.8 Å². The summed E-state index contributed by atoms with van der Waals surface area (Å²) >= 11 is 0. The largest absolute Gasteiger partial charge is 0.373 e. The van der Waals surface area contributed by atoms with Crippen molar-refractivity contribution in [2.75, 3.05) is 51.6 Å². The molecule has 8 heteroatoms. The first-order chi connectivity index (χ1) is 14.9. The SMILES string of the molecule is CNc1nc([C@@H]2CCCN(CC(=O)N3CCC(C)CC3)C2)nc2c1CN(C(C)=O)CC2. The average Bonchev–Trinajstić information content (AvgIpc) is 2.78. The second-order valence-corrected chi connectivity index (χ2v) is 9.43. The Bertz CT molecular complexity index is 803. The van der Waals surface area contributed by atoms with Gasteiger partial charge in [0.1, 0.15) is 11.6 Å². The van der Waals surface area contributed by atoms with E-state index in [0.29, 0.717) is 19.6 Å². The summed E-state index contributed by atoms with van der Waals surface area (Å²) in [6.07, 6.45) is 5.10. The Morgan fingerprint density at radius 3 is 2.55 bits per heavy atom. The van der Waals surface area contributed by atoms with Crippen molar-refractivity contribution in [3.05, 3.63) is 17.1 Å². The van der Waals surface area contributed by atoms with E-state index in [9.17, 15) is 9.59 Å². The molecule has 0 radical (unpaired) electrons. The molecule has 2 fully saturated rings. The molecule has 3 aliphatic rings. The summed E-state index contributed by atoms with van der Waals surface area (Å²) in [5.74, 6) is 3.04. The normalized spacial score (nSPS) is 22.9. The summed E-state index contributed by atoms with van der Waals surface area (Å²) in [7, 11) is 1.88. The van der Waals surface area contributed by atoms with Crippen LogP contribution in [0.3, 0.4) is 0 Å². The van der Waals surface area contributed by atoms with Crippen LogP contribution in [0.15, 0.2) is 0 Å². The highest BCUT2D eigenvalue weighted by atomic mass is 16.2. The summed E-state index contributed by atoms with van der Waals surface area (Å²) in [5, 5.41) is 3.22. The van der Waals surface area contributed by atoms with Gasteiger partial charge in [0.25, 0.3) is 0 Å². The molecule has 0 spiro atoms. The van der Waals surface area contributed by atoms with Crippen molar-refractivity contribution in [2.24, 2.45) is 5.92 Å². The lowest BCUT2D eigenvalue weighted by molar-refractivity contribution is -0.134. The maximum absolute atomic E-state index is 12.8. The first kappa shape index (κ1) is 22.0. The highest BCUT2D eigenvalue weighted by Gasteiger charge is 2.30. The van der Waals surface area contributed by atoms with Gasteiger partial charge in [-0.05, 0) is 38.1 Å². The lowest BCUT2D eigenvalue weighted by atomic mass is 9.96. The highest BCUT2D eigenvalue weighted by molar-refractivity contribution is 5.78. The molecule has 31 heavy (non-hydrogen) atoms. The van der Waals surface area contributed by atoms with Crippen LogP contribution in [0.25, 0.3) is 0 Å². The van der Waals surface area contributed by atoms with Crippen LogP contribution in [-0.2, 0) is 22.6 Å². The first-order valence-electron chi connectivity index (χ1n) is 11.8. The molecule has 0 aromatic carbocycles. The molecule has 170 valence electrons. The Hall–Kier alpha value is -2.22. The minimum absolute atomic E-state index is 0.0903. The van der Waals surface area contributed by atoms with E-state index in [1.165, 1.54) is 0 Å². The maximum atomic E-state index is 12.8. The number of carbonyl (C=O) groups excluding carboxylic acids is 2. The van der Waals surface area contributed by atoms with E-state index in [2.05, 4.69) is 17.1 Å². The fourth-order valence-corrected chi connectivity index (χ4v) is 5.05. The molecular weight excluding hydrogens is 392 g/mol. The zero-order valence-electron chi connectivity index (χ0n) is 19.2. The van der Waals surface area contributed by atoms with E-state index < -0.39 is 0 Å². The van der Waals surface area contributed by atoms with Gasteiger partial charge in [-0.3, -0.25) is 14.5 Å². The molecule has 0 unspecified atom stereocenters. The van der Waals surface area contributed by atoms with E-state index in [-0.39, 0.29) is 17.7 Å². The molecule has 4 rings (SSSR count). The molecule has 1 aromatic rings. The number of hydrogen-bond acceptors (Lipinski definition) is 6. The van der Waals surface area contributed by atoms with Gasteiger partial charge in [-0.1, -0.05) is 6.92 Å². The van der Waals surface area contributed by atoms with Crippen LogP contribution in [0, 0.1) is 5.92 Å². The van der Waals surface area contributed by atoms with Gasteiger partial charge < -0.3 is 15.1 Å². The molecule has 4 heterocycles. The van der Waals surface area contributed by atoms with E-state index in [0.717, 1.165) is 87.1 Å². The number of likely N-dealkylation sites (tertiary alicyclic amines) is 2. The predicted octanol–water partition coefficient (Wildman–Crippen LogP) is 1.86. The van der Waals surface area contributed by atoms with Crippen molar-refractivity contribution in [1.82, 2.24) is 24.7 Å². The Labute approximate surface area is 185 Å². The number of amides is 2. The molecule has 1 aromatic heterocycles. The van der Waals surface area contributed by atoms with Crippen molar-refractivity contribution in [3.63, 3.8) is 0 Å². The fraction of sp³-hybridized carbons (Fsp3) is 0.739. The van der Waals surface area contributed by atoms with Crippen molar-refractivity contribution in [1.29, 1.82) is 0 Å². The number of piperidine rings is 2. The molecule has 0 saturated carbocycles. The van der Waals surface area contributed by atoms with Crippen LogP contribution < -0.4 is 5.32 Å². The third-order valence-corrected chi connectivity index (χ3v) is 7.13. The molecule has 0 bridgehead atoms. The second kappa shape index (κ2) is 9.51. The molecule has 2 amide bonds. The minimum atomic E-state index is 0.0903. The van der Waals surface area contributed by atoms with Gasteiger partial charge in [0.15, 0.2) is 0 Å². The summed E-state index contributed by atoms with van der Waals surface area (Å²) < 4.78 is 0. The van der Waals surface area contributed by atoms with Crippen LogP contribution in [-0.4, -0.2) is 82.8 Å². The minimum Gasteiger partial charge on any atom is -0.373 e. The maximum Gasteiger partial charge on any atom is 0.236 e. The van der Waals surface area contributed by atoms with Crippen molar-refractivity contribution in [2.45, 2.75) is 58.4 Å². The molecule has 1 N–H and O–H groups in total. The third kappa shape index (κ3) is 5.00. The summed E-state index contributed by atoms with van der Waals surface area (Å²) in [5.41, 5.74) is 2.09. The first-order valence-corrected chi connectivity index (χ1v) is 11.8. The van der Waals surface area contributed by atoms with Gasteiger partial charge in [0.2, 0.25) is 11.8 Å². The number of nitrogens with one attached hydrogen (secondary N) is 1. The van der Waals surface area contributed by atoms with Crippen LogP contribution in [0.4, 0.5) is 5.82 Å². The zero-order valence-corrected chi connectivity index (χ0v) is 19.2. The van der Waals surface area contributed by atoms with Gasteiger partial charge in [-0.2, -0.15) is 0 Å². The lowest BCUT2D eigenvalue weighted by Crippen LogP contribution is -2.46. The summed E-state index contributed by atoms with van der Waals surface area (Å²) in [6, 6.07) is 0. The van der Waals surface area contributed by atoms with Crippen LogP contribution in [0.2, 0.25) is 0 Å². The van der Waals surface area contributed by atoms with Gasteiger partial charge in [0, 0.05) is 58.1 Å². The van der Waals surface area contributed by atoms with Crippen LogP contribution in [0.1, 0.15) is 62.5 Å². The number of hydrogen-bond donors (Lipinski definition) is 1. The van der Waals surface area contributed by atoms with Crippen molar-refractivity contribution < 1.29 is 9.59 Å². The predicted molar refractivity (Wildman–Crippen MR) is 120 cm³/mol.